The van der Waals surface area contributed by atoms with Gasteiger partial charge in [-0.15, -0.1) is 0 Å². The van der Waals surface area contributed by atoms with E-state index in [1.807, 2.05) is 0 Å². The minimum absolute atomic E-state index is 0.0300. The molecule has 1 aromatic rings. The summed E-state index contributed by atoms with van der Waals surface area (Å²) in [5.74, 6) is -6.44. The summed E-state index contributed by atoms with van der Waals surface area (Å²) in [7, 11) is 2.58. The van der Waals surface area contributed by atoms with Crippen LogP contribution in [0.2, 0.25) is 0 Å². The highest BCUT2D eigenvalue weighted by molar-refractivity contribution is 5.95. The molecule has 0 bridgehead atoms. The zero-order valence-electron chi connectivity index (χ0n) is 34.9. The lowest BCUT2D eigenvalue weighted by Crippen LogP contribution is -2.70. The number of hydrogen-bond acceptors (Lipinski definition) is 22. The van der Waals surface area contributed by atoms with Crippen molar-refractivity contribution in [1.29, 1.82) is 0 Å². The Morgan fingerprint density at radius 2 is 1.51 bits per heavy atom. The molecule has 3 heterocycles. The average molecular weight is 911 g/mol. The first-order valence-corrected chi connectivity index (χ1v) is 20.6. The van der Waals surface area contributed by atoms with E-state index in [0.29, 0.717) is 25.7 Å². The molecule has 24 nitrogen and oxygen atoms in total. The van der Waals surface area contributed by atoms with Crippen molar-refractivity contribution in [1.82, 2.24) is 5.32 Å². The highest BCUT2D eigenvalue weighted by atomic mass is 16.8. The van der Waals surface area contributed by atoms with Gasteiger partial charge in [0.2, 0.25) is 0 Å². The van der Waals surface area contributed by atoms with E-state index < -0.39 is 136 Å². The number of phenols is 1. The summed E-state index contributed by atoms with van der Waals surface area (Å²) >= 11 is 0. The number of hydrogen-bond donors (Lipinski definition) is 13. The van der Waals surface area contributed by atoms with Crippen LogP contribution in [-0.4, -0.2) is 212 Å². The van der Waals surface area contributed by atoms with Crippen LogP contribution >= 0.6 is 0 Å². The molecule has 1 amide bonds. The molecule has 14 N–H and O–H groups in total. The topological polar surface area (TPSA) is 386 Å². The van der Waals surface area contributed by atoms with Crippen molar-refractivity contribution in [2.75, 3.05) is 40.6 Å². The molecule has 3 fully saturated rings. The summed E-state index contributed by atoms with van der Waals surface area (Å²) in [6, 6.07) is 0.618. The molecule has 4 rings (SSSR count). The van der Waals surface area contributed by atoms with Crippen molar-refractivity contribution in [3.05, 3.63) is 23.8 Å². The van der Waals surface area contributed by atoms with Crippen LogP contribution in [0.1, 0.15) is 61.7 Å². The first kappa shape index (κ1) is 52.2. The minimum Gasteiger partial charge on any atom is -0.504 e. The van der Waals surface area contributed by atoms with Gasteiger partial charge in [-0.05, 0) is 31.0 Å². The Hall–Kier alpha value is -3.41. The molecule has 3 saturated heterocycles. The molecular weight excluding hydrogens is 848 g/mol. The third-order valence-electron chi connectivity index (χ3n) is 11.2. The largest absolute Gasteiger partial charge is 0.504 e. The molecule has 3 aliphatic heterocycles. The maximum Gasteiger partial charge on any atom is 0.364 e. The fourth-order valence-corrected chi connectivity index (χ4v) is 7.50. The molecule has 0 spiro atoms. The number of aliphatic hydroxyl groups is 9. The van der Waals surface area contributed by atoms with Crippen LogP contribution in [0, 0.1) is 0 Å². The number of phenolic OH excluding ortho intramolecular Hbond substituents is 1. The Morgan fingerprint density at radius 3 is 2.11 bits per heavy atom. The summed E-state index contributed by atoms with van der Waals surface area (Å²) in [5.41, 5.74) is 5.90. The molecular formula is C39H62N2O22. The van der Waals surface area contributed by atoms with Crippen molar-refractivity contribution < 1.29 is 108 Å². The van der Waals surface area contributed by atoms with Gasteiger partial charge in [0.1, 0.15) is 67.1 Å². The number of unbranched alkanes of at least 4 members (excludes halogenated alkanes) is 5. The molecule has 0 aliphatic carbocycles. The zero-order chi connectivity index (χ0) is 46.6. The summed E-state index contributed by atoms with van der Waals surface area (Å²) in [4.78, 5) is 38.0. The van der Waals surface area contributed by atoms with E-state index in [4.69, 9.17) is 38.9 Å². The van der Waals surface area contributed by atoms with Crippen LogP contribution in [0.4, 0.5) is 0 Å². The number of carboxylic acids is 1. The van der Waals surface area contributed by atoms with Gasteiger partial charge in [-0.1, -0.05) is 25.7 Å². The number of aromatic hydroxyl groups is 1. The van der Waals surface area contributed by atoms with E-state index in [1.54, 1.807) is 0 Å². The van der Waals surface area contributed by atoms with Crippen molar-refractivity contribution in [3.8, 4) is 11.5 Å². The Kier molecular flexibility index (Phi) is 20.1. The Balaban J connectivity index is 1.62. The number of rotatable bonds is 23. The number of aliphatic hydroxyl groups excluding tert-OH is 9. The second-order valence-electron chi connectivity index (χ2n) is 15.5. The minimum atomic E-state index is -3.02. The monoisotopic (exact) mass is 910 g/mol. The van der Waals surface area contributed by atoms with E-state index in [0.717, 1.165) is 19.3 Å². The van der Waals surface area contributed by atoms with Gasteiger partial charge in [-0.25, -0.2) is 4.79 Å². The third-order valence-corrected chi connectivity index (χ3v) is 11.2. The van der Waals surface area contributed by atoms with Gasteiger partial charge >= 0.3 is 11.9 Å². The predicted octanol–water partition coefficient (Wildman–Crippen LogP) is -4.32. The van der Waals surface area contributed by atoms with Gasteiger partial charge in [0, 0.05) is 25.0 Å². The Labute approximate surface area is 361 Å². The van der Waals surface area contributed by atoms with E-state index in [9.17, 15) is 70.6 Å². The summed E-state index contributed by atoms with van der Waals surface area (Å²) in [6.45, 7) is -2.81. The Morgan fingerprint density at radius 1 is 0.889 bits per heavy atom. The summed E-state index contributed by atoms with van der Waals surface area (Å²) < 4.78 is 44.8. The second-order valence-corrected chi connectivity index (χ2v) is 15.5. The van der Waals surface area contributed by atoms with Crippen LogP contribution < -0.4 is 15.8 Å². The van der Waals surface area contributed by atoms with Crippen LogP contribution in [0.5, 0.6) is 11.5 Å². The van der Waals surface area contributed by atoms with E-state index in [1.165, 1.54) is 32.4 Å². The number of nitrogens with two attached hydrogens (primary N) is 1. The maximum atomic E-state index is 13.8. The lowest BCUT2D eigenvalue weighted by molar-refractivity contribution is -0.380. The van der Waals surface area contributed by atoms with Crippen molar-refractivity contribution in [3.63, 3.8) is 0 Å². The number of carboxylic acid groups (broad SMARTS) is 1. The second kappa shape index (κ2) is 24.2. The molecule has 0 unspecified atom stereocenters. The maximum absolute atomic E-state index is 13.8. The van der Waals surface area contributed by atoms with Gasteiger partial charge in [-0.3, -0.25) is 9.59 Å². The highest BCUT2D eigenvalue weighted by Gasteiger charge is 2.59. The number of ether oxygens (including phenoxy) is 8. The molecule has 24 heteroatoms. The van der Waals surface area contributed by atoms with Gasteiger partial charge in [-0.2, -0.15) is 0 Å². The van der Waals surface area contributed by atoms with E-state index >= 15 is 0 Å². The van der Waals surface area contributed by atoms with Gasteiger partial charge in [0.15, 0.2) is 24.1 Å². The molecule has 1 aromatic carbocycles. The summed E-state index contributed by atoms with van der Waals surface area (Å²) in [5, 5.41) is 119. The number of nitrogens with one attached hydrogen (secondary N) is 1. The van der Waals surface area contributed by atoms with Crippen molar-refractivity contribution in [2.45, 2.75) is 149 Å². The summed E-state index contributed by atoms with van der Waals surface area (Å²) in [6.07, 6.45) is -20.8. The van der Waals surface area contributed by atoms with Crippen LogP contribution in [0.3, 0.4) is 0 Å². The number of aliphatic carboxylic acids is 1. The van der Waals surface area contributed by atoms with Crippen LogP contribution in [-0.2, 0) is 42.7 Å². The van der Waals surface area contributed by atoms with Gasteiger partial charge in [0.25, 0.3) is 11.7 Å². The molecule has 0 saturated carbocycles. The quantitative estimate of drug-likeness (QED) is 0.0365. The molecule has 0 radical (unpaired) electrons. The number of carbonyl (C=O) groups is 3. The zero-order valence-corrected chi connectivity index (χ0v) is 34.9. The number of methoxy groups -OCH3 is 2. The van der Waals surface area contributed by atoms with Gasteiger partial charge < -0.3 is 105 Å². The standard InChI is InChI=1S/C39H62N2O22/c1-56-22-13-18(10-11-19(22)45)35(53)41-27-33(29(50)23(16-43)59-36(27)58-12-8-6-4-3-5-7-9-25(48)57-2)61-37-31(52)34(30(51)24(17-44)60-37)63-39(38(54)55)14-20(46)26(40)32(62-39)28(49)21(47)15-42/h10-11,13,20-21,23-24,26-34,36-37,42-47,49-52H,3-9,12,14-17,40H2,1-2H3,(H,41,53)(H,54,55)/t20-,21+,23+,24+,26+,27+,28+,29+,30-,31+,32+,33+,34-,36+,37-,39-/m0/s1. The first-order valence-electron chi connectivity index (χ1n) is 20.6. The lowest BCUT2D eigenvalue weighted by Gasteiger charge is -2.50. The molecule has 16 atom stereocenters. The number of esters is 1. The third kappa shape index (κ3) is 12.9. The fraction of sp³-hybridized carbons (Fsp3) is 0.769. The molecule has 3 aliphatic rings. The highest BCUT2D eigenvalue weighted by Crippen LogP contribution is 2.38. The first-order chi connectivity index (χ1) is 30.0. The van der Waals surface area contributed by atoms with Crippen molar-refractivity contribution >= 4 is 17.8 Å². The Bertz CT molecular complexity index is 1610. The van der Waals surface area contributed by atoms with Crippen LogP contribution in [0.25, 0.3) is 0 Å². The number of carbonyl (C=O) groups excluding carboxylic acids is 2. The van der Waals surface area contributed by atoms with E-state index in [2.05, 4.69) is 10.1 Å². The average Bonchev–Trinajstić information content (AvgIpc) is 3.27. The molecule has 63 heavy (non-hydrogen) atoms. The van der Waals surface area contributed by atoms with Crippen LogP contribution in [0.15, 0.2) is 18.2 Å². The van der Waals surface area contributed by atoms with Gasteiger partial charge in [0.05, 0.1) is 46.2 Å². The molecule has 0 aromatic heterocycles. The SMILES string of the molecule is COC(=O)CCCCCCCCO[C@@H]1O[C@H](CO)[C@@H](O)[C@H](O[C@@H]2O[C@H](CO)[C@H](O)[C@H](O[C@]3(C(=O)O)C[C@H](O)[C@@H](N)[C@H]([C@H](O)[C@H](O)CO)O3)[C@H]2O)[C@H]1NC(=O)c1ccc(O)c(OC)c1. The smallest absolute Gasteiger partial charge is 0.364 e. The fourth-order valence-electron chi connectivity index (χ4n) is 7.50. The predicted molar refractivity (Wildman–Crippen MR) is 208 cm³/mol. The lowest BCUT2D eigenvalue weighted by atomic mass is 9.88. The number of benzene rings is 1. The molecule has 360 valence electrons. The normalized spacial score (nSPS) is 34.4. The number of amides is 1. The van der Waals surface area contributed by atoms with Crippen molar-refractivity contribution in [2.24, 2.45) is 5.73 Å². The van der Waals surface area contributed by atoms with E-state index in [-0.39, 0.29) is 29.6 Å².